The first kappa shape index (κ1) is 12.8. The highest BCUT2D eigenvalue weighted by Crippen LogP contribution is 2.17. The molecule has 1 aliphatic heterocycles. The Bertz CT molecular complexity index is 252. The van der Waals surface area contributed by atoms with Gasteiger partial charge in [-0.05, 0) is 20.8 Å². The second-order valence-corrected chi connectivity index (χ2v) is 4.90. The van der Waals surface area contributed by atoms with Crippen molar-refractivity contribution in [3.05, 3.63) is 0 Å². The molecule has 0 bridgehead atoms. The molecule has 1 aliphatic rings. The first-order chi connectivity index (χ1) is 7.42. The highest BCUT2D eigenvalue weighted by atomic mass is 16.6. The van der Waals surface area contributed by atoms with Gasteiger partial charge in [-0.3, -0.25) is 0 Å². The van der Waals surface area contributed by atoms with Crippen LogP contribution in [0.3, 0.4) is 0 Å². The standard InChI is InChI=1S/C11H20N2O3/c1-11(2,3)15-10(14)13-7-5-9(6-8-13)16-12-4/h9H,4-8H2,1-3H3. The molecule has 0 saturated carbocycles. The second-order valence-electron chi connectivity index (χ2n) is 4.90. The number of hydrogen-bond acceptors (Lipinski definition) is 4. The fourth-order valence-electron chi connectivity index (χ4n) is 1.58. The molecule has 5 heteroatoms. The van der Waals surface area contributed by atoms with Crippen LogP contribution in [0.5, 0.6) is 0 Å². The van der Waals surface area contributed by atoms with Crippen molar-refractivity contribution in [2.75, 3.05) is 13.1 Å². The van der Waals surface area contributed by atoms with Crippen LogP contribution in [0.15, 0.2) is 5.16 Å². The average Bonchev–Trinajstić information content (AvgIpc) is 2.16. The van der Waals surface area contributed by atoms with Gasteiger partial charge in [0.25, 0.3) is 0 Å². The van der Waals surface area contributed by atoms with E-state index in [0.29, 0.717) is 13.1 Å². The zero-order valence-corrected chi connectivity index (χ0v) is 10.2. The van der Waals surface area contributed by atoms with Gasteiger partial charge in [0.1, 0.15) is 11.7 Å². The highest BCUT2D eigenvalue weighted by molar-refractivity contribution is 5.68. The van der Waals surface area contributed by atoms with Crippen LogP contribution in [-0.4, -0.2) is 42.5 Å². The summed E-state index contributed by atoms with van der Waals surface area (Å²) in [7, 11) is 0. The van der Waals surface area contributed by atoms with E-state index in [1.54, 1.807) is 4.90 Å². The monoisotopic (exact) mass is 228 g/mol. The first-order valence-corrected chi connectivity index (χ1v) is 5.52. The third-order valence-corrected chi connectivity index (χ3v) is 2.32. The normalized spacial score (nSPS) is 18.1. The summed E-state index contributed by atoms with van der Waals surface area (Å²) in [4.78, 5) is 18.5. The lowest BCUT2D eigenvalue weighted by molar-refractivity contribution is -0.00915. The Balaban J connectivity index is 2.36. The predicted molar refractivity (Wildman–Crippen MR) is 61.5 cm³/mol. The second kappa shape index (κ2) is 5.18. The fourth-order valence-corrected chi connectivity index (χ4v) is 1.58. The van der Waals surface area contributed by atoms with Gasteiger partial charge in [-0.25, -0.2) is 4.79 Å². The van der Waals surface area contributed by atoms with E-state index in [4.69, 9.17) is 9.57 Å². The van der Waals surface area contributed by atoms with Crippen molar-refractivity contribution in [2.45, 2.75) is 45.3 Å². The van der Waals surface area contributed by atoms with E-state index in [9.17, 15) is 4.79 Å². The van der Waals surface area contributed by atoms with Crippen LogP contribution in [0.25, 0.3) is 0 Å². The van der Waals surface area contributed by atoms with Crippen LogP contribution in [-0.2, 0) is 9.57 Å². The molecule has 1 saturated heterocycles. The van der Waals surface area contributed by atoms with Gasteiger partial charge in [-0.2, -0.15) is 0 Å². The Morgan fingerprint density at radius 2 is 1.94 bits per heavy atom. The summed E-state index contributed by atoms with van der Waals surface area (Å²) in [6.45, 7) is 10.2. The number of likely N-dealkylation sites (tertiary alicyclic amines) is 1. The van der Waals surface area contributed by atoms with E-state index < -0.39 is 5.60 Å². The van der Waals surface area contributed by atoms with Crippen molar-refractivity contribution >= 4 is 12.8 Å². The minimum absolute atomic E-state index is 0.0798. The number of amides is 1. The Morgan fingerprint density at radius 3 is 2.38 bits per heavy atom. The van der Waals surface area contributed by atoms with E-state index in [-0.39, 0.29) is 12.2 Å². The van der Waals surface area contributed by atoms with E-state index in [1.807, 2.05) is 20.8 Å². The van der Waals surface area contributed by atoms with Gasteiger partial charge in [-0.15, -0.1) is 5.16 Å². The van der Waals surface area contributed by atoms with E-state index in [0.717, 1.165) is 12.8 Å². The van der Waals surface area contributed by atoms with Gasteiger partial charge < -0.3 is 14.5 Å². The van der Waals surface area contributed by atoms with Crippen molar-refractivity contribution in [3.63, 3.8) is 0 Å². The summed E-state index contributed by atoms with van der Waals surface area (Å²) in [6.07, 6.45) is 1.38. The molecule has 1 heterocycles. The molecule has 92 valence electrons. The summed E-state index contributed by atoms with van der Waals surface area (Å²) in [5.74, 6) is 0. The average molecular weight is 228 g/mol. The SMILES string of the molecule is C=NOC1CCN(C(=O)OC(C)(C)C)CC1. The topological polar surface area (TPSA) is 51.1 Å². The summed E-state index contributed by atoms with van der Waals surface area (Å²) in [6, 6.07) is 0. The highest BCUT2D eigenvalue weighted by Gasteiger charge is 2.27. The van der Waals surface area contributed by atoms with E-state index in [1.165, 1.54) is 0 Å². The van der Waals surface area contributed by atoms with Gasteiger partial charge >= 0.3 is 6.09 Å². The minimum Gasteiger partial charge on any atom is -0.444 e. The molecule has 1 fully saturated rings. The number of hydrogen-bond donors (Lipinski definition) is 0. The number of carbonyl (C=O) groups excluding carboxylic acids is 1. The molecule has 0 unspecified atom stereocenters. The van der Waals surface area contributed by atoms with Crippen molar-refractivity contribution in [2.24, 2.45) is 5.16 Å². The smallest absolute Gasteiger partial charge is 0.410 e. The predicted octanol–water partition coefficient (Wildman–Crippen LogP) is 2.02. The van der Waals surface area contributed by atoms with Gasteiger partial charge in [0.15, 0.2) is 0 Å². The third-order valence-electron chi connectivity index (χ3n) is 2.32. The lowest BCUT2D eigenvalue weighted by Crippen LogP contribution is -2.43. The Hall–Kier alpha value is -1.26. The zero-order valence-electron chi connectivity index (χ0n) is 10.2. The zero-order chi connectivity index (χ0) is 12.2. The Labute approximate surface area is 96.4 Å². The quantitative estimate of drug-likeness (QED) is 0.536. The number of piperidine rings is 1. The van der Waals surface area contributed by atoms with Crippen molar-refractivity contribution in [1.82, 2.24) is 4.90 Å². The van der Waals surface area contributed by atoms with Gasteiger partial charge in [0.05, 0.1) is 0 Å². The molecule has 16 heavy (non-hydrogen) atoms. The third kappa shape index (κ3) is 4.08. The maximum absolute atomic E-state index is 11.7. The molecular formula is C11H20N2O3. The van der Waals surface area contributed by atoms with Crippen molar-refractivity contribution in [3.8, 4) is 0 Å². The molecule has 0 spiro atoms. The van der Waals surface area contributed by atoms with Gasteiger partial charge in [0, 0.05) is 32.6 Å². The molecule has 0 aromatic rings. The lowest BCUT2D eigenvalue weighted by atomic mass is 10.1. The molecule has 0 aliphatic carbocycles. The van der Waals surface area contributed by atoms with Crippen LogP contribution in [0.2, 0.25) is 0 Å². The maximum atomic E-state index is 11.7. The van der Waals surface area contributed by atoms with Gasteiger partial charge in [0.2, 0.25) is 0 Å². The number of carbonyl (C=O) groups is 1. The van der Waals surface area contributed by atoms with Crippen LogP contribution < -0.4 is 0 Å². The largest absolute Gasteiger partial charge is 0.444 e. The lowest BCUT2D eigenvalue weighted by Gasteiger charge is -2.32. The van der Waals surface area contributed by atoms with E-state index in [2.05, 4.69) is 11.9 Å². The molecule has 5 nitrogen and oxygen atoms in total. The summed E-state index contributed by atoms with van der Waals surface area (Å²) < 4.78 is 5.28. The minimum atomic E-state index is -0.437. The number of rotatable bonds is 2. The number of ether oxygens (including phenoxy) is 1. The molecule has 0 aromatic heterocycles. The molecule has 0 N–H and O–H groups in total. The van der Waals surface area contributed by atoms with Crippen molar-refractivity contribution in [1.29, 1.82) is 0 Å². The first-order valence-electron chi connectivity index (χ1n) is 5.52. The molecule has 0 atom stereocenters. The summed E-state index contributed by atoms with van der Waals surface area (Å²) in [5, 5.41) is 3.40. The number of nitrogens with zero attached hydrogens (tertiary/aromatic N) is 2. The molecular weight excluding hydrogens is 208 g/mol. The number of oxime groups is 1. The molecule has 0 radical (unpaired) electrons. The van der Waals surface area contributed by atoms with Crippen LogP contribution in [0.1, 0.15) is 33.6 Å². The fraction of sp³-hybridized carbons (Fsp3) is 0.818. The molecule has 0 aromatic carbocycles. The van der Waals surface area contributed by atoms with Crippen molar-refractivity contribution < 1.29 is 14.4 Å². The molecule has 1 amide bonds. The van der Waals surface area contributed by atoms with Crippen LogP contribution in [0, 0.1) is 0 Å². The van der Waals surface area contributed by atoms with Crippen LogP contribution >= 0.6 is 0 Å². The Kier molecular flexibility index (Phi) is 4.15. The van der Waals surface area contributed by atoms with Crippen LogP contribution in [0.4, 0.5) is 4.79 Å². The van der Waals surface area contributed by atoms with E-state index >= 15 is 0 Å². The Morgan fingerprint density at radius 1 is 1.38 bits per heavy atom. The summed E-state index contributed by atoms with van der Waals surface area (Å²) >= 11 is 0. The summed E-state index contributed by atoms with van der Waals surface area (Å²) in [5.41, 5.74) is -0.437. The maximum Gasteiger partial charge on any atom is 0.410 e. The molecule has 1 rings (SSSR count). The van der Waals surface area contributed by atoms with Gasteiger partial charge in [-0.1, -0.05) is 0 Å².